The van der Waals surface area contributed by atoms with Crippen molar-refractivity contribution in [3.8, 4) is 6.07 Å². The Morgan fingerprint density at radius 2 is 1.68 bits per heavy atom. The summed E-state index contributed by atoms with van der Waals surface area (Å²) < 4.78 is 0. The van der Waals surface area contributed by atoms with E-state index in [0.29, 0.717) is 6.42 Å². The molecule has 122 valence electrons. The monoisotopic (exact) mass is 340 g/mol. The van der Waals surface area contributed by atoms with Gasteiger partial charge in [-0.2, -0.15) is 5.26 Å². The Bertz CT molecular complexity index is 896. The minimum atomic E-state index is -2.06. The van der Waals surface area contributed by atoms with Gasteiger partial charge in [-0.15, -0.1) is 0 Å². The first-order valence-electron chi connectivity index (χ1n) is 8.73. The van der Waals surface area contributed by atoms with Crippen molar-refractivity contribution < 1.29 is 0 Å². The SMILES string of the molecule is C[Si]1(c2ccccc2)c2ccccc2C(CCC#N)c2cnccc21. The molecule has 0 saturated carbocycles. The molecule has 3 aromatic rings. The van der Waals surface area contributed by atoms with Gasteiger partial charge in [-0.1, -0.05) is 61.1 Å². The van der Waals surface area contributed by atoms with Crippen LogP contribution in [0.2, 0.25) is 6.55 Å². The number of hydrogen-bond donors (Lipinski definition) is 0. The van der Waals surface area contributed by atoms with Gasteiger partial charge in [0.1, 0.15) is 8.07 Å². The normalized spacial score (nSPS) is 21.0. The molecule has 1 aliphatic heterocycles. The quantitative estimate of drug-likeness (QED) is 0.688. The maximum absolute atomic E-state index is 9.12. The summed E-state index contributed by atoms with van der Waals surface area (Å²) in [6.07, 6.45) is 5.37. The standard InChI is InChI=1S/C22H20N2Si/c1-25(17-8-3-2-4-9-17)21-12-6-5-10-19(21)18(11-7-14-23)20-16-24-15-13-22(20)25/h2-6,8-10,12-13,15-16,18H,7,11H2,1H3. The van der Waals surface area contributed by atoms with Crippen LogP contribution in [0.5, 0.6) is 0 Å². The zero-order valence-corrected chi connectivity index (χ0v) is 15.3. The fourth-order valence-electron chi connectivity index (χ4n) is 4.31. The molecular formula is C22H20N2Si. The Hall–Kier alpha value is -2.70. The largest absolute Gasteiger partial charge is 0.264 e. The molecule has 0 bridgehead atoms. The van der Waals surface area contributed by atoms with Crippen LogP contribution in [-0.2, 0) is 0 Å². The number of pyridine rings is 1. The number of nitrogens with zero attached hydrogens (tertiary/aromatic N) is 2. The van der Waals surface area contributed by atoms with E-state index in [0.717, 1.165) is 6.42 Å². The molecule has 2 heterocycles. The minimum absolute atomic E-state index is 0.267. The van der Waals surface area contributed by atoms with Crippen molar-refractivity contribution in [1.29, 1.82) is 5.26 Å². The maximum Gasteiger partial charge on any atom is 0.146 e. The molecule has 1 aromatic heterocycles. The van der Waals surface area contributed by atoms with Gasteiger partial charge in [0.05, 0.1) is 6.07 Å². The van der Waals surface area contributed by atoms with Crippen LogP contribution < -0.4 is 15.6 Å². The molecule has 0 spiro atoms. The van der Waals surface area contributed by atoms with Crippen LogP contribution in [-0.4, -0.2) is 13.1 Å². The fourth-order valence-corrected chi connectivity index (χ4v) is 8.57. The molecule has 4 rings (SSSR count). The molecule has 25 heavy (non-hydrogen) atoms. The molecular weight excluding hydrogens is 320 g/mol. The van der Waals surface area contributed by atoms with E-state index in [9.17, 15) is 0 Å². The topological polar surface area (TPSA) is 36.7 Å². The summed E-state index contributed by atoms with van der Waals surface area (Å²) >= 11 is 0. The van der Waals surface area contributed by atoms with Crippen molar-refractivity contribution in [2.45, 2.75) is 25.3 Å². The van der Waals surface area contributed by atoms with Crippen molar-refractivity contribution in [3.05, 3.63) is 84.2 Å². The van der Waals surface area contributed by atoms with E-state index in [1.54, 1.807) is 0 Å². The van der Waals surface area contributed by atoms with Gasteiger partial charge in [0.15, 0.2) is 0 Å². The van der Waals surface area contributed by atoms with Crippen LogP contribution in [0, 0.1) is 11.3 Å². The lowest BCUT2D eigenvalue weighted by Crippen LogP contribution is -2.68. The second kappa shape index (κ2) is 6.31. The number of rotatable bonds is 3. The molecule has 0 aliphatic carbocycles. The number of aromatic nitrogens is 1. The second-order valence-electron chi connectivity index (χ2n) is 6.79. The molecule has 0 fully saturated rings. The van der Waals surface area contributed by atoms with Gasteiger partial charge >= 0.3 is 0 Å². The average Bonchev–Trinajstić information content (AvgIpc) is 2.69. The highest BCUT2D eigenvalue weighted by atomic mass is 28.3. The lowest BCUT2D eigenvalue weighted by Gasteiger charge is -2.40. The third-order valence-corrected chi connectivity index (χ3v) is 10.1. The van der Waals surface area contributed by atoms with Gasteiger partial charge in [-0.3, -0.25) is 4.98 Å². The number of nitriles is 1. The van der Waals surface area contributed by atoms with Gasteiger partial charge in [-0.25, -0.2) is 0 Å². The highest BCUT2D eigenvalue weighted by Gasteiger charge is 2.43. The van der Waals surface area contributed by atoms with E-state index in [1.165, 1.54) is 26.7 Å². The summed E-state index contributed by atoms with van der Waals surface area (Å²) in [6.45, 7) is 2.44. The lowest BCUT2D eigenvalue weighted by molar-refractivity contribution is 0.733. The van der Waals surface area contributed by atoms with Crippen LogP contribution in [0.25, 0.3) is 0 Å². The summed E-state index contributed by atoms with van der Waals surface area (Å²) in [5.74, 6) is 0.267. The predicted octanol–water partition coefficient (Wildman–Crippen LogP) is 2.93. The van der Waals surface area contributed by atoms with Gasteiger partial charge in [0, 0.05) is 24.7 Å². The number of fused-ring (bicyclic) bond motifs is 2. The highest BCUT2D eigenvalue weighted by Crippen LogP contribution is 2.33. The van der Waals surface area contributed by atoms with Crippen molar-refractivity contribution in [3.63, 3.8) is 0 Å². The Labute approximate surface area is 149 Å². The smallest absolute Gasteiger partial charge is 0.146 e. The minimum Gasteiger partial charge on any atom is -0.264 e. The van der Waals surface area contributed by atoms with E-state index in [1.807, 2.05) is 12.4 Å². The fraction of sp³-hybridized carbons (Fsp3) is 0.182. The van der Waals surface area contributed by atoms with Crippen LogP contribution in [0.15, 0.2) is 73.1 Å². The summed E-state index contributed by atoms with van der Waals surface area (Å²) in [6, 6.07) is 24.3. The van der Waals surface area contributed by atoms with Gasteiger partial charge in [0.25, 0.3) is 0 Å². The molecule has 0 saturated heterocycles. The van der Waals surface area contributed by atoms with Crippen molar-refractivity contribution in [2.75, 3.05) is 0 Å². The first-order valence-corrected chi connectivity index (χ1v) is 11.2. The lowest BCUT2D eigenvalue weighted by atomic mass is 9.88. The average molecular weight is 341 g/mol. The second-order valence-corrected chi connectivity index (χ2v) is 10.7. The van der Waals surface area contributed by atoms with Gasteiger partial charge in [-0.05, 0) is 39.2 Å². The summed E-state index contributed by atoms with van der Waals surface area (Å²) in [7, 11) is -2.06. The highest BCUT2D eigenvalue weighted by molar-refractivity contribution is 7.11. The zero-order valence-electron chi connectivity index (χ0n) is 14.3. The van der Waals surface area contributed by atoms with E-state index >= 15 is 0 Å². The third kappa shape index (κ3) is 2.42. The molecule has 1 aliphatic rings. The molecule has 2 nitrogen and oxygen atoms in total. The van der Waals surface area contributed by atoms with Crippen LogP contribution in [0.1, 0.15) is 29.9 Å². The van der Waals surface area contributed by atoms with Crippen LogP contribution >= 0.6 is 0 Å². The Balaban J connectivity index is 2.01. The number of hydrogen-bond acceptors (Lipinski definition) is 2. The third-order valence-electron chi connectivity index (χ3n) is 5.54. The molecule has 2 atom stereocenters. The van der Waals surface area contributed by atoms with Gasteiger partial charge in [0.2, 0.25) is 0 Å². The van der Waals surface area contributed by atoms with E-state index in [4.69, 9.17) is 5.26 Å². The van der Waals surface area contributed by atoms with Crippen LogP contribution in [0.3, 0.4) is 0 Å². The molecule has 0 amide bonds. The Kier molecular flexibility index (Phi) is 3.99. The van der Waals surface area contributed by atoms with Crippen molar-refractivity contribution >= 4 is 23.6 Å². The summed E-state index contributed by atoms with van der Waals surface area (Å²) in [5, 5.41) is 13.5. The molecule has 3 heteroatoms. The molecule has 0 N–H and O–H groups in total. The first kappa shape index (κ1) is 15.8. The van der Waals surface area contributed by atoms with Crippen LogP contribution in [0.4, 0.5) is 0 Å². The van der Waals surface area contributed by atoms with E-state index < -0.39 is 8.07 Å². The zero-order chi connectivity index (χ0) is 17.3. The molecule has 0 radical (unpaired) electrons. The Morgan fingerprint density at radius 3 is 2.48 bits per heavy atom. The summed E-state index contributed by atoms with van der Waals surface area (Å²) in [5.41, 5.74) is 2.70. The number of benzene rings is 2. The van der Waals surface area contributed by atoms with Gasteiger partial charge < -0.3 is 0 Å². The van der Waals surface area contributed by atoms with Crippen molar-refractivity contribution in [2.24, 2.45) is 0 Å². The van der Waals surface area contributed by atoms with E-state index in [2.05, 4.69) is 78.3 Å². The van der Waals surface area contributed by atoms with Crippen molar-refractivity contribution in [1.82, 2.24) is 4.98 Å². The Morgan fingerprint density at radius 1 is 0.960 bits per heavy atom. The maximum atomic E-state index is 9.12. The first-order chi connectivity index (χ1) is 12.3. The van der Waals surface area contributed by atoms with E-state index in [-0.39, 0.29) is 5.92 Å². The summed E-state index contributed by atoms with van der Waals surface area (Å²) in [4.78, 5) is 4.43. The predicted molar refractivity (Wildman–Crippen MR) is 104 cm³/mol. The molecule has 2 aromatic carbocycles. The molecule has 2 unspecified atom stereocenters.